The molecule has 1 saturated heterocycles. The minimum atomic E-state index is -3.38. The van der Waals surface area contributed by atoms with Crippen LogP contribution in [0.4, 0.5) is 5.69 Å². The summed E-state index contributed by atoms with van der Waals surface area (Å²) in [6, 6.07) is 5.42. The maximum Gasteiger partial charge on any atom is 0.232 e. The van der Waals surface area contributed by atoms with Gasteiger partial charge < -0.3 is 9.47 Å². The number of alkyl halides is 1. The number of sulfonamides is 1. The van der Waals surface area contributed by atoms with E-state index in [4.69, 9.17) is 9.47 Å². The first-order chi connectivity index (χ1) is 9.34. The predicted molar refractivity (Wildman–Crippen MR) is 79.6 cm³/mol. The predicted octanol–water partition coefficient (Wildman–Crippen LogP) is 1.95. The van der Waals surface area contributed by atoms with Gasteiger partial charge in [0, 0.05) is 12.7 Å². The van der Waals surface area contributed by atoms with Crippen molar-refractivity contribution < 1.29 is 17.9 Å². The molecule has 2 heterocycles. The molecule has 1 fully saturated rings. The van der Waals surface area contributed by atoms with Crippen molar-refractivity contribution in [1.82, 2.24) is 0 Å². The lowest BCUT2D eigenvalue weighted by molar-refractivity contribution is -0.112. The number of anilines is 1. The fourth-order valence-electron chi connectivity index (χ4n) is 2.99. The SMILES string of the molecule is CO[C@@H]1O[C@@H]2c3cc(C)ccc3N(S(C)(=O)=O)[C@@H]2[C@H]1Br. The van der Waals surface area contributed by atoms with Gasteiger partial charge in [-0.15, -0.1) is 0 Å². The number of hydrogen-bond acceptors (Lipinski definition) is 4. The van der Waals surface area contributed by atoms with Crippen LogP contribution in [0.2, 0.25) is 0 Å². The molecule has 110 valence electrons. The third-order valence-electron chi connectivity index (χ3n) is 3.76. The Morgan fingerprint density at radius 2 is 2.10 bits per heavy atom. The third kappa shape index (κ3) is 1.99. The summed E-state index contributed by atoms with van der Waals surface area (Å²) in [6.07, 6.45) is 0.468. The lowest BCUT2D eigenvalue weighted by Crippen LogP contribution is -2.43. The smallest absolute Gasteiger partial charge is 0.232 e. The van der Waals surface area contributed by atoms with Crippen LogP contribution in [-0.2, 0) is 19.5 Å². The molecular weight excluding hydrogens is 346 g/mol. The summed E-state index contributed by atoms with van der Waals surface area (Å²) < 4.78 is 36.9. The molecule has 2 aliphatic heterocycles. The Morgan fingerprint density at radius 1 is 1.40 bits per heavy atom. The molecule has 4 atom stereocenters. The molecule has 0 saturated carbocycles. The van der Waals surface area contributed by atoms with E-state index >= 15 is 0 Å². The highest BCUT2D eigenvalue weighted by Crippen LogP contribution is 2.51. The number of nitrogens with zero attached hydrogens (tertiary/aromatic N) is 1. The first kappa shape index (κ1) is 14.3. The molecule has 20 heavy (non-hydrogen) atoms. The highest BCUT2D eigenvalue weighted by Gasteiger charge is 2.55. The molecule has 0 aromatic heterocycles. The van der Waals surface area contributed by atoms with E-state index in [1.807, 2.05) is 25.1 Å². The van der Waals surface area contributed by atoms with Crippen molar-refractivity contribution in [3.8, 4) is 0 Å². The summed E-state index contributed by atoms with van der Waals surface area (Å²) in [4.78, 5) is -0.208. The Kier molecular flexibility index (Phi) is 3.36. The van der Waals surface area contributed by atoms with Crippen LogP contribution in [0, 0.1) is 6.92 Å². The highest BCUT2D eigenvalue weighted by atomic mass is 79.9. The van der Waals surface area contributed by atoms with Crippen molar-refractivity contribution in [2.45, 2.75) is 30.2 Å². The van der Waals surface area contributed by atoms with Crippen LogP contribution in [0.1, 0.15) is 17.2 Å². The lowest BCUT2D eigenvalue weighted by atomic mass is 10.0. The quantitative estimate of drug-likeness (QED) is 0.755. The Bertz CT molecular complexity index is 648. The summed E-state index contributed by atoms with van der Waals surface area (Å²) in [5, 5.41) is 0. The van der Waals surface area contributed by atoms with Gasteiger partial charge >= 0.3 is 0 Å². The van der Waals surface area contributed by atoms with E-state index in [-0.39, 0.29) is 17.0 Å². The summed E-state index contributed by atoms with van der Waals surface area (Å²) in [6.45, 7) is 1.98. The number of halogens is 1. The van der Waals surface area contributed by atoms with E-state index < -0.39 is 16.3 Å². The minimum Gasteiger partial charge on any atom is -0.355 e. The second-order valence-electron chi connectivity index (χ2n) is 5.22. The summed E-state index contributed by atoms with van der Waals surface area (Å²) in [5.41, 5.74) is 2.69. The van der Waals surface area contributed by atoms with Gasteiger partial charge in [0.1, 0.15) is 6.10 Å². The fraction of sp³-hybridized carbons (Fsp3) is 0.538. The first-order valence-corrected chi connectivity index (χ1v) is 9.03. The molecule has 0 aliphatic carbocycles. The summed E-state index contributed by atoms with van der Waals surface area (Å²) in [7, 11) is -1.82. The van der Waals surface area contributed by atoms with Gasteiger partial charge in [0.15, 0.2) is 6.29 Å². The second kappa shape index (κ2) is 4.69. The van der Waals surface area contributed by atoms with E-state index in [0.717, 1.165) is 11.1 Å². The average Bonchev–Trinajstić information content (AvgIpc) is 2.84. The minimum absolute atomic E-state index is 0.208. The van der Waals surface area contributed by atoms with E-state index in [1.54, 1.807) is 7.11 Å². The van der Waals surface area contributed by atoms with Gasteiger partial charge in [0.2, 0.25) is 10.0 Å². The fourth-order valence-corrected chi connectivity index (χ4v) is 5.20. The Hall–Kier alpha value is -0.630. The molecule has 0 bridgehead atoms. The van der Waals surface area contributed by atoms with Crippen molar-refractivity contribution in [2.75, 3.05) is 17.7 Å². The van der Waals surface area contributed by atoms with Gasteiger partial charge in [-0.05, 0) is 13.0 Å². The van der Waals surface area contributed by atoms with E-state index in [2.05, 4.69) is 15.9 Å². The van der Waals surface area contributed by atoms with Crippen LogP contribution in [0.25, 0.3) is 0 Å². The topological polar surface area (TPSA) is 55.8 Å². The molecule has 2 aliphatic rings. The Labute approximate surface area is 127 Å². The Balaban J connectivity index is 2.16. The molecule has 7 heteroatoms. The van der Waals surface area contributed by atoms with Crippen LogP contribution >= 0.6 is 15.9 Å². The van der Waals surface area contributed by atoms with Crippen LogP contribution < -0.4 is 4.31 Å². The van der Waals surface area contributed by atoms with Crippen molar-refractivity contribution in [3.63, 3.8) is 0 Å². The van der Waals surface area contributed by atoms with Gasteiger partial charge in [-0.25, -0.2) is 8.42 Å². The first-order valence-electron chi connectivity index (χ1n) is 6.27. The van der Waals surface area contributed by atoms with Crippen LogP contribution in [0.5, 0.6) is 0 Å². The molecule has 0 N–H and O–H groups in total. The van der Waals surface area contributed by atoms with Gasteiger partial charge in [-0.3, -0.25) is 4.31 Å². The van der Waals surface area contributed by atoms with Gasteiger partial charge in [0.05, 0.1) is 22.8 Å². The normalized spacial score (nSPS) is 32.3. The van der Waals surface area contributed by atoms with Crippen molar-refractivity contribution in [1.29, 1.82) is 0 Å². The molecule has 0 unspecified atom stereocenters. The van der Waals surface area contributed by atoms with E-state index in [9.17, 15) is 8.42 Å². The van der Waals surface area contributed by atoms with Crippen LogP contribution in [0.15, 0.2) is 18.2 Å². The molecule has 1 aromatic carbocycles. The largest absolute Gasteiger partial charge is 0.355 e. The number of rotatable bonds is 2. The van der Waals surface area contributed by atoms with Crippen LogP contribution in [-0.4, -0.2) is 38.9 Å². The summed E-state index contributed by atoms with van der Waals surface area (Å²) in [5.74, 6) is 0. The molecule has 3 rings (SSSR count). The number of hydrogen-bond donors (Lipinski definition) is 0. The van der Waals surface area contributed by atoms with Gasteiger partial charge in [-0.2, -0.15) is 0 Å². The Morgan fingerprint density at radius 3 is 2.70 bits per heavy atom. The van der Waals surface area contributed by atoms with Gasteiger partial charge in [0.25, 0.3) is 0 Å². The number of fused-ring (bicyclic) bond motifs is 3. The van der Waals surface area contributed by atoms with E-state index in [1.165, 1.54) is 10.6 Å². The molecule has 1 aromatic rings. The number of methoxy groups -OCH3 is 1. The van der Waals surface area contributed by atoms with Crippen molar-refractivity contribution in [2.24, 2.45) is 0 Å². The second-order valence-corrected chi connectivity index (χ2v) is 8.13. The molecular formula is C13H16BrNO4S. The van der Waals surface area contributed by atoms with Crippen molar-refractivity contribution in [3.05, 3.63) is 29.3 Å². The third-order valence-corrected chi connectivity index (χ3v) is 5.89. The molecule has 5 nitrogen and oxygen atoms in total. The maximum absolute atomic E-state index is 12.2. The lowest BCUT2D eigenvalue weighted by Gasteiger charge is -2.26. The van der Waals surface area contributed by atoms with Crippen LogP contribution in [0.3, 0.4) is 0 Å². The molecule has 0 radical (unpaired) electrons. The maximum atomic E-state index is 12.2. The van der Waals surface area contributed by atoms with E-state index in [0.29, 0.717) is 5.69 Å². The standard InChI is InChI=1S/C13H16BrNO4S/c1-7-4-5-9-8(6-7)12-11(15(9)20(3,16)17)10(14)13(18-2)19-12/h4-6,10-13H,1-3H3/t10-,11-,12-,13-/m1/s1. The zero-order valence-electron chi connectivity index (χ0n) is 11.4. The highest BCUT2D eigenvalue weighted by molar-refractivity contribution is 9.09. The average molecular weight is 362 g/mol. The van der Waals surface area contributed by atoms with Crippen molar-refractivity contribution >= 4 is 31.6 Å². The monoisotopic (exact) mass is 361 g/mol. The number of aryl methyl sites for hydroxylation is 1. The number of benzene rings is 1. The molecule has 0 spiro atoms. The zero-order valence-corrected chi connectivity index (χ0v) is 13.8. The summed E-state index contributed by atoms with van der Waals surface area (Å²) >= 11 is 3.53. The number of ether oxygens (including phenoxy) is 2. The molecule has 0 amide bonds. The van der Waals surface area contributed by atoms with Gasteiger partial charge in [-0.1, -0.05) is 33.6 Å². The zero-order chi connectivity index (χ0) is 14.7.